The van der Waals surface area contributed by atoms with E-state index < -0.39 is 42.1 Å². The van der Waals surface area contributed by atoms with Crippen LogP contribution >= 0.6 is 28.3 Å². The SMILES string of the molecule is Cl.NCC(F)(F)CNC(=O)c1c(F)cc(Br)cc1F. The fourth-order valence-electron chi connectivity index (χ4n) is 1.13. The number of amides is 1. The number of hydrogen-bond acceptors (Lipinski definition) is 2. The molecule has 0 saturated heterocycles. The van der Waals surface area contributed by atoms with Crippen molar-refractivity contribution in [2.75, 3.05) is 13.1 Å². The molecular weight excluding hydrogens is 355 g/mol. The Morgan fingerprint density at radius 1 is 1.32 bits per heavy atom. The third kappa shape index (κ3) is 4.96. The van der Waals surface area contributed by atoms with Gasteiger partial charge in [0.25, 0.3) is 11.8 Å². The summed E-state index contributed by atoms with van der Waals surface area (Å²) in [6.45, 7) is -2.06. The standard InChI is InChI=1S/C10H9BrF4N2O.ClH/c11-5-1-6(12)8(7(13)2-5)9(18)17-4-10(14,15)3-16;/h1-2H,3-4,16H2,(H,17,18);1H. The lowest BCUT2D eigenvalue weighted by atomic mass is 10.2. The van der Waals surface area contributed by atoms with Gasteiger partial charge < -0.3 is 11.1 Å². The number of halogens is 6. The number of carbonyl (C=O) groups is 1. The zero-order chi connectivity index (χ0) is 13.9. The minimum atomic E-state index is -3.32. The minimum absolute atomic E-state index is 0. The van der Waals surface area contributed by atoms with Crippen molar-refractivity contribution in [3.63, 3.8) is 0 Å². The smallest absolute Gasteiger partial charge is 0.277 e. The van der Waals surface area contributed by atoms with Gasteiger partial charge in [-0.1, -0.05) is 15.9 Å². The molecule has 0 radical (unpaired) electrons. The second kappa shape index (κ2) is 7.06. The van der Waals surface area contributed by atoms with Crippen LogP contribution < -0.4 is 11.1 Å². The second-order valence-corrected chi connectivity index (χ2v) is 4.40. The number of nitrogens with one attached hydrogen (secondary N) is 1. The van der Waals surface area contributed by atoms with Crippen LogP contribution in [-0.2, 0) is 0 Å². The van der Waals surface area contributed by atoms with Crippen LogP contribution in [0.2, 0.25) is 0 Å². The Balaban J connectivity index is 0.00000324. The molecule has 3 nitrogen and oxygen atoms in total. The first-order chi connectivity index (χ1) is 8.26. The van der Waals surface area contributed by atoms with E-state index in [1.165, 1.54) is 0 Å². The lowest BCUT2D eigenvalue weighted by Crippen LogP contribution is -2.41. The van der Waals surface area contributed by atoms with Crippen molar-refractivity contribution in [3.05, 3.63) is 33.8 Å². The summed E-state index contributed by atoms with van der Waals surface area (Å²) >= 11 is 2.83. The fourth-order valence-corrected chi connectivity index (χ4v) is 1.53. The van der Waals surface area contributed by atoms with Crippen molar-refractivity contribution >= 4 is 34.2 Å². The number of nitrogens with two attached hydrogens (primary N) is 1. The zero-order valence-electron chi connectivity index (χ0n) is 9.35. The second-order valence-electron chi connectivity index (χ2n) is 3.49. The fraction of sp³-hybridized carbons (Fsp3) is 0.300. The van der Waals surface area contributed by atoms with E-state index in [2.05, 4.69) is 15.9 Å². The Hall–Kier alpha value is -0.860. The van der Waals surface area contributed by atoms with Crippen LogP contribution in [0.3, 0.4) is 0 Å². The van der Waals surface area contributed by atoms with Crippen LogP contribution in [-0.4, -0.2) is 24.9 Å². The van der Waals surface area contributed by atoms with Crippen molar-refractivity contribution in [1.29, 1.82) is 0 Å². The van der Waals surface area contributed by atoms with Crippen LogP contribution in [0.1, 0.15) is 10.4 Å². The Kier molecular flexibility index (Phi) is 6.74. The molecule has 0 heterocycles. The molecule has 0 fully saturated rings. The van der Waals surface area contributed by atoms with Gasteiger partial charge in [0.15, 0.2) is 0 Å². The zero-order valence-corrected chi connectivity index (χ0v) is 11.8. The van der Waals surface area contributed by atoms with E-state index in [0.717, 1.165) is 12.1 Å². The minimum Gasteiger partial charge on any atom is -0.346 e. The molecule has 108 valence electrons. The molecule has 3 N–H and O–H groups in total. The summed E-state index contributed by atoms with van der Waals surface area (Å²) in [6, 6.07) is 1.72. The van der Waals surface area contributed by atoms with Crippen molar-refractivity contribution < 1.29 is 22.4 Å². The molecule has 0 aliphatic carbocycles. The topological polar surface area (TPSA) is 55.1 Å². The van der Waals surface area contributed by atoms with E-state index in [1.54, 1.807) is 5.32 Å². The van der Waals surface area contributed by atoms with Gasteiger partial charge in [-0.25, -0.2) is 17.6 Å². The Morgan fingerprint density at radius 3 is 2.21 bits per heavy atom. The molecule has 0 atom stereocenters. The maximum absolute atomic E-state index is 13.3. The maximum atomic E-state index is 13.3. The van der Waals surface area contributed by atoms with Gasteiger partial charge in [0.2, 0.25) is 0 Å². The molecule has 1 aromatic carbocycles. The quantitative estimate of drug-likeness (QED) is 0.806. The van der Waals surface area contributed by atoms with Gasteiger partial charge in [0.05, 0.1) is 13.1 Å². The molecule has 1 amide bonds. The van der Waals surface area contributed by atoms with Crippen LogP contribution in [0.15, 0.2) is 16.6 Å². The highest BCUT2D eigenvalue weighted by atomic mass is 79.9. The van der Waals surface area contributed by atoms with Gasteiger partial charge in [-0.05, 0) is 12.1 Å². The summed E-state index contributed by atoms with van der Waals surface area (Å²) < 4.78 is 52.3. The van der Waals surface area contributed by atoms with Crippen molar-refractivity contribution in [2.45, 2.75) is 5.92 Å². The summed E-state index contributed by atoms with van der Waals surface area (Å²) in [5, 5.41) is 1.73. The summed E-state index contributed by atoms with van der Waals surface area (Å²) in [6.07, 6.45) is 0. The molecule has 1 rings (SSSR count). The van der Waals surface area contributed by atoms with E-state index in [0.29, 0.717) is 0 Å². The highest BCUT2D eigenvalue weighted by Gasteiger charge is 2.28. The monoisotopic (exact) mass is 364 g/mol. The number of rotatable bonds is 4. The number of carbonyl (C=O) groups excluding carboxylic acids is 1. The molecular formula is C10H10BrClF4N2O. The van der Waals surface area contributed by atoms with Gasteiger partial charge >= 0.3 is 0 Å². The van der Waals surface area contributed by atoms with E-state index in [1.807, 2.05) is 0 Å². The molecule has 0 spiro atoms. The highest BCUT2D eigenvalue weighted by molar-refractivity contribution is 9.10. The molecule has 0 aliphatic rings. The lowest BCUT2D eigenvalue weighted by molar-refractivity contribution is 0.0117. The number of hydrogen-bond donors (Lipinski definition) is 2. The summed E-state index contributed by atoms with van der Waals surface area (Å²) in [4.78, 5) is 11.4. The number of alkyl halides is 2. The van der Waals surface area contributed by atoms with Crippen molar-refractivity contribution in [3.8, 4) is 0 Å². The Bertz CT molecular complexity index is 450. The van der Waals surface area contributed by atoms with Crippen LogP contribution in [0.25, 0.3) is 0 Å². The Morgan fingerprint density at radius 2 is 1.79 bits per heavy atom. The van der Waals surface area contributed by atoms with Gasteiger partial charge in [-0.2, -0.15) is 0 Å². The molecule has 1 aromatic rings. The largest absolute Gasteiger partial charge is 0.346 e. The number of benzene rings is 1. The summed E-state index contributed by atoms with van der Waals surface area (Å²) in [5.74, 6) is -6.87. The molecule has 0 aromatic heterocycles. The van der Waals surface area contributed by atoms with Gasteiger partial charge in [0.1, 0.15) is 17.2 Å². The highest BCUT2D eigenvalue weighted by Crippen LogP contribution is 2.19. The van der Waals surface area contributed by atoms with Gasteiger partial charge in [-0.3, -0.25) is 4.79 Å². The predicted octanol–water partition coefficient (Wildman–Crippen LogP) is 2.47. The lowest BCUT2D eigenvalue weighted by Gasteiger charge is -2.15. The molecule has 0 saturated carbocycles. The molecule has 9 heteroatoms. The average molecular weight is 366 g/mol. The average Bonchev–Trinajstić information content (AvgIpc) is 2.25. The van der Waals surface area contributed by atoms with E-state index >= 15 is 0 Å². The summed E-state index contributed by atoms with van der Waals surface area (Å²) in [7, 11) is 0. The third-order valence-corrected chi connectivity index (χ3v) is 2.50. The van der Waals surface area contributed by atoms with Gasteiger partial charge in [-0.15, -0.1) is 12.4 Å². The molecule has 0 bridgehead atoms. The first-order valence-electron chi connectivity index (χ1n) is 4.77. The Labute approximate surface area is 121 Å². The first kappa shape index (κ1) is 18.1. The van der Waals surface area contributed by atoms with Crippen molar-refractivity contribution in [2.24, 2.45) is 5.73 Å². The van der Waals surface area contributed by atoms with E-state index in [9.17, 15) is 22.4 Å². The van der Waals surface area contributed by atoms with Crippen LogP contribution in [0, 0.1) is 11.6 Å². The van der Waals surface area contributed by atoms with E-state index in [4.69, 9.17) is 5.73 Å². The third-order valence-electron chi connectivity index (χ3n) is 2.04. The summed E-state index contributed by atoms with van der Waals surface area (Å²) in [5.41, 5.74) is 3.84. The molecule has 19 heavy (non-hydrogen) atoms. The predicted molar refractivity (Wildman–Crippen MR) is 67.6 cm³/mol. The normalized spacial score (nSPS) is 10.8. The molecule has 0 aliphatic heterocycles. The van der Waals surface area contributed by atoms with Crippen LogP contribution in [0.4, 0.5) is 17.6 Å². The molecule has 0 unspecified atom stereocenters. The van der Waals surface area contributed by atoms with E-state index in [-0.39, 0.29) is 16.9 Å². The first-order valence-corrected chi connectivity index (χ1v) is 5.57. The van der Waals surface area contributed by atoms with Crippen molar-refractivity contribution in [1.82, 2.24) is 5.32 Å². The van der Waals surface area contributed by atoms with Gasteiger partial charge in [0, 0.05) is 4.47 Å². The maximum Gasteiger partial charge on any atom is 0.277 e. The van der Waals surface area contributed by atoms with Crippen LogP contribution in [0.5, 0.6) is 0 Å².